The highest BCUT2D eigenvalue weighted by Crippen LogP contribution is 2.16. The van der Waals surface area contributed by atoms with Crippen molar-refractivity contribution in [2.45, 2.75) is 13.8 Å². The summed E-state index contributed by atoms with van der Waals surface area (Å²) in [6.45, 7) is 4.33. The fraction of sp³-hybridized carbons (Fsp3) is 0.333. The van der Waals surface area contributed by atoms with Crippen LogP contribution in [-0.4, -0.2) is 22.3 Å². The molecule has 0 radical (unpaired) electrons. The monoisotopic (exact) mass is 259 g/mol. The normalized spacial score (nSPS) is 11.1. The summed E-state index contributed by atoms with van der Waals surface area (Å²) in [5.41, 5.74) is 1.65. The highest BCUT2D eigenvalue weighted by atomic mass is 32.2. The first-order valence-electron chi connectivity index (χ1n) is 6.12. The molecule has 2 aromatic rings. The van der Waals surface area contributed by atoms with E-state index in [4.69, 9.17) is 0 Å². The number of pyridine rings is 1. The van der Waals surface area contributed by atoms with Gasteiger partial charge in [0.05, 0.1) is 11.3 Å². The van der Waals surface area contributed by atoms with E-state index < -0.39 is 0 Å². The van der Waals surface area contributed by atoms with Crippen LogP contribution in [0.3, 0.4) is 0 Å². The molecule has 0 unspecified atom stereocenters. The second-order valence-corrected chi connectivity index (χ2v) is 5.77. The molecule has 0 amide bonds. The molecule has 0 aliphatic heterocycles. The molecule has 1 aromatic carbocycles. The van der Waals surface area contributed by atoms with Crippen molar-refractivity contribution in [1.82, 2.24) is 4.98 Å². The molecule has 3 heteroatoms. The number of Topliss-reactive ketones (excluding diaryl/α,β-unsaturated/α-hetero) is 1. The lowest BCUT2D eigenvalue weighted by molar-refractivity contribution is 0.102. The third-order valence-electron chi connectivity index (χ3n) is 2.61. The molecule has 94 valence electrons. The zero-order chi connectivity index (χ0) is 13.0. The Morgan fingerprint density at radius 1 is 1.33 bits per heavy atom. The predicted octanol–water partition coefficient (Wildman–Crippen LogP) is 3.81. The van der Waals surface area contributed by atoms with Gasteiger partial charge in [-0.05, 0) is 23.8 Å². The molecule has 2 nitrogen and oxygen atoms in total. The Morgan fingerprint density at radius 2 is 2.17 bits per heavy atom. The maximum atomic E-state index is 12.0. The average Bonchev–Trinajstić information content (AvgIpc) is 2.37. The summed E-state index contributed by atoms with van der Waals surface area (Å²) < 4.78 is 0. The molecule has 0 saturated carbocycles. The van der Waals surface area contributed by atoms with Crippen LogP contribution in [0.15, 0.2) is 36.5 Å². The molecule has 0 saturated heterocycles. The second-order valence-electron chi connectivity index (χ2n) is 4.74. The van der Waals surface area contributed by atoms with Crippen LogP contribution in [0.25, 0.3) is 10.9 Å². The Labute approximate surface area is 112 Å². The standard InChI is InChI=1S/C15H17NOS/c1-11(2)9-18-10-15(17)13-6-5-12-4-3-7-16-14(12)8-13/h3-8,11H,9-10H2,1-2H3. The van der Waals surface area contributed by atoms with Crippen molar-refractivity contribution in [3.8, 4) is 0 Å². The van der Waals surface area contributed by atoms with E-state index in [-0.39, 0.29) is 5.78 Å². The van der Waals surface area contributed by atoms with Crippen LogP contribution in [0.1, 0.15) is 24.2 Å². The Bertz CT molecular complexity index is 551. The van der Waals surface area contributed by atoms with Crippen LogP contribution in [0.2, 0.25) is 0 Å². The molecule has 1 heterocycles. The molecule has 0 aliphatic rings. The van der Waals surface area contributed by atoms with Gasteiger partial charge in [0.25, 0.3) is 0 Å². The summed E-state index contributed by atoms with van der Waals surface area (Å²) in [5, 5.41) is 1.07. The van der Waals surface area contributed by atoms with E-state index >= 15 is 0 Å². The van der Waals surface area contributed by atoms with Gasteiger partial charge >= 0.3 is 0 Å². The fourth-order valence-electron chi connectivity index (χ4n) is 1.71. The van der Waals surface area contributed by atoms with Crippen molar-refractivity contribution in [2.75, 3.05) is 11.5 Å². The maximum absolute atomic E-state index is 12.0. The van der Waals surface area contributed by atoms with Gasteiger partial charge in [0.15, 0.2) is 5.78 Å². The third-order valence-corrected chi connectivity index (χ3v) is 3.98. The minimum absolute atomic E-state index is 0.188. The van der Waals surface area contributed by atoms with Gasteiger partial charge in [0.1, 0.15) is 0 Å². The number of nitrogens with zero attached hydrogens (tertiary/aromatic N) is 1. The quantitative estimate of drug-likeness (QED) is 0.765. The Morgan fingerprint density at radius 3 is 2.94 bits per heavy atom. The molecule has 0 aliphatic carbocycles. The van der Waals surface area contributed by atoms with Crippen LogP contribution in [0.5, 0.6) is 0 Å². The topological polar surface area (TPSA) is 30.0 Å². The van der Waals surface area contributed by atoms with E-state index in [0.29, 0.717) is 11.7 Å². The number of thioether (sulfide) groups is 1. The molecule has 1 aromatic heterocycles. The predicted molar refractivity (Wildman–Crippen MR) is 78.2 cm³/mol. The van der Waals surface area contributed by atoms with E-state index in [9.17, 15) is 4.79 Å². The molecule has 0 bridgehead atoms. The largest absolute Gasteiger partial charge is 0.293 e. The van der Waals surface area contributed by atoms with Crippen molar-refractivity contribution >= 4 is 28.4 Å². The number of fused-ring (bicyclic) bond motifs is 1. The number of hydrogen-bond donors (Lipinski definition) is 0. The van der Waals surface area contributed by atoms with Crippen molar-refractivity contribution in [3.05, 3.63) is 42.1 Å². The number of carbonyl (C=O) groups is 1. The molecule has 18 heavy (non-hydrogen) atoms. The van der Waals surface area contributed by atoms with Crippen LogP contribution < -0.4 is 0 Å². The van der Waals surface area contributed by atoms with Crippen molar-refractivity contribution in [1.29, 1.82) is 0 Å². The summed E-state index contributed by atoms with van der Waals surface area (Å²) in [5.74, 6) is 2.39. The van der Waals surface area contributed by atoms with Gasteiger partial charge in [0, 0.05) is 17.1 Å². The Balaban J connectivity index is 2.08. The molecule has 0 spiro atoms. The third kappa shape index (κ3) is 3.33. The fourth-order valence-corrected chi connectivity index (χ4v) is 2.65. The molecular weight excluding hydrogens is 242 g/mol. The van der Waals surface area contributed by atoms with Crippen LogP contribution in [0.4, 0.5) is 0 Å². The zero-order valence-corrected chi connectivity index (χ0v) is 11.5. The first-order valence-corrected chi connectivity index (χ1v) is 7.28. The maximum Gasteiger partial charge on any atom is 0.172 e. The lowest BCUT2D eigenvalue weighted by Crippen LogP contribution is -2.04. The van der Waals surface area contributed by atoms with Crippen LogP contribution in [0, 0.1) is 5.92 Å². The first-order chi connectivity index (χ1) is 8.66. The van der Waals surface area contributed by atoms with Gasteiger partial charge in [-0.1, -0.05) is 32.0 Å². The highest BCUT2D eigenvalue weighted by Gasteiger charge is 2.07. The number of hydrogen-bond acceptors (Lipinski definition) is 3. The second kappa shape index (κ2) is 6.01. The average molecular weight is 259 g/mol. The summed E-state index contributed by atoms with van der Waals surface area (Å²) in [7, 11) is 0. The first kappa shape index (κ1) is 13.1. The van der Waals surface area contributed by atoms with Gasteiger partial charge in [-0.2, -0.15) is 11.8 Å². The molecule has 0 fully saturated rings. The lowest BCUT2D eigenvalue weighted by Gasteiger charge is -2.05. The van der Waals surface area contributed by atoms with E-state index in [2.05, 4.69) is 18.8 Å². The number of rotatable bonds is 5. The minimum Gasteiger partial charge on any atom is -0.293 e. The lowest BCUT2D eigenvalue weighted by atomic mass is 10.1. The summed E-state index contributed by atoms with van der Waals surface area (Å²) in [4.78, 5) is 16.3. The van der Waals surface area contributed by atoms with E-state index in [1.807, 2.05) is 30.3 Å². The Kier molecular flexibility index (Phi) is 4.37. The van der Waals surface area contributed by atoms with E-state index in [1.54, 1.807) is 18.0 Å². The number of carbonyl (C=O) groups excluding carboxylic acids is 1. The zero-order valence-electron chi connectivity index (χ0n) is 10.7. The summed E-state index contributed by atoms with van der Waals surface area (Å²) >= 11 is 1.70. The van der Waals surface area contributed by atoms with Gasteiger partial charge in [-0.25, -0.2) is 0 Å². The van der Waals surface area contributed by atoms with Gasteiger partial charge in [-0.3, -0.25) is 9.78 Å². The van der Waals surface area contributed by atoms with Crippen molar-refractivity contribution in [3.63, 3.8) is 0 Å². The minimum atomic E-state index is 0.188. The van der Waals surface area contributed by atoms with Gasteiger partial charge in [-0.15, -0.1) is 0 Å². The summed E-state index contributed by atoms with van der Waals surface area (Å²) in [6, 6.07) is 9.64. The van der Waals surface area contributed by atoms with Crippen LogP contribution >= 0.6 is 11.8 Å². The SMILES string of the molecule is CC(C)CSCC(=O)c1ccc2cccnc2c1. The van der Waals surface area contributed by atoms with Crippen LogP contribution in [-0.2, 0) is 0 Å². The van der Waals surface area contributed by atoms with E-state index in [0.717, 1.165) is 22.2 Å². The number of benzene rings is 1. The molecule has 0 atom stereocenters. The Hall–Kier alpha value is -1.35. The van der Waals surface area contributed by atoms with Gasteiger partial charge in [0.2, 0.25) is 0 Å². The number of ketones is 1. The van der Waals surface area contributed by atoms with Crippen molar-refractivity contribution in [2.24, 2.45) is 5.92 Å². The molecule has 2 rings (SSSR count). The smallest absolute Gasteiger partial charge is 0.172 e. The van der Waals surface area contributed by atoms with Crippen molar-refractivity contribution < 1.29 is 4.79 Å². The summed E-state index contributed by atoms with van der Waals surface area (Å²) in [6.07, 6.45) is 1.75. The van der Waals surface area contributed by atoms with Gasteiger partial charge < -0.3 is 0 Å². The number of aromatic nitrogens is 1. The highest BCUT2D eigenvalue weighted by molar-refractivity contribution is 7.99. The molecular formula is C15H17NOS. The molecule has 0 N–H and O–H groups in total. The van der Waals surface area contributed by atoms with E-state index in [1.165, 1.54) is 0 Å².